The van der Waals surface area contributed by atoms with E-state index in [4.69, 9.17) is 4.74 Å². The summed E-state index contributed by atoms with van der Waals surface area (Å²) in [4.78, 5) is 26.3. The molecule has 3 rings (SSSR count). The van der Waals surface area contributed by atoms with Gasteiger partial charge >= 0.3 is 6.09 Å². The average molecular weight is 416 g/mol. The zero-order valence-electron chi connectivity index (χ0n) is 17.5. The van der Waals surface area contributed by atoms with Gasteiger partial charge in [0, 0.05) is 12.0 Å². The van der Waals surface area contributed by atoms with Gasteiger partial charge in [0.05, 0.1) is 12.2 Å². The lowest BCUT2D eigenvalue weighted by molar-refractivity contribution is -0.120. The monoisotopic (exact) mass is 416 g/mol. The van der Waals surface area contributed by atoms with E-state index in [1.54, 1.807) is 39.0 Å². The number of hydrogen-bond acceptors (Lipinski definition) is 3. The molecular formula is C23H26F2N2O3. The highest BCUT2D eigenvalue weighted by molar-refractivity contribution is 5.97. The van der Waals surface area contributed by atoms with E-state index in [1.165, 1.54) is 6.07 Å². The lowest BCUT2D eigenvalue weighted by atomic mass is 9.99. The predicted molar refractivity (Wildman–Crippen MR) is 111 cm³/mol. The van der Waals surface area contributed by atoms with Crippen LogP contribution in [0.3, 0.4) is 0 Å². The van der Waals surface area contributed by atoms with Crippen molar-refractivity contribution in [3.8, 4) is 11.1 Å². The Morgan fingerprint density at radius 2 is 1.77 bits per heavy atom. The second kappa shape index (κ2) is 8.42. The van der Waals surface area contributed by atoms with Gasteiger partial charge in [0.2, 0.25) is 5.91 Å². The molecule has 1 N–H and O–H groups in total. The third kappa shape index (κ3) is 4.78. The van der Waals surface area contributed by atoms with Gasteiger partial charge in [0.1, 0.15) is 17.8 Å². The van der Waals surface area contributed by atoms with Crippen molar-refractivity contribution >= 4 is 17.7 Å². The topological polar surface area (TPSA) is 58.6 Å². The van der Waals surface area contributed by atoms with E-state index < -0.39 is 35.6 Å². The summed E-state index contributed by atoms with van der Waals surface area (Å²) < 4.78 is 34.4. The second-order valence-corrected chi connectivity index (χ2v) is 8.45. The van der Waals surface area contributed by atoms with Gasteiger partial charge in [0.25, 0.3) is 0 Å². The summed E-state index contributed by atoms with van der Waals surface area (Å²) in [6, 6.07) is 11.0. The van der Waals surface area contributed by atoms with Crippen LogP contribution >= 0.6 is 0 Å². The first kappa shape index (κ1) is 21.7. The van der Waals surface area contributed by atoms with Crippen LogP contribution in [-0.2, 0) is 9.53 Å². The number of hydrogen-bond donors (Lipinski definition) is 1. The highest BCUT2D eigenvalue weighted by atomic mass is 19.1. The number of benzene rings is 2. The molecule has 7 heteroatoms. The van der Waals surface area contributed by atoms with Crippen LogP contribution in [0.2, 0.25) is 0 Å². The fraction of sp³-hybridized carbons (Fsp3) is 0.391. The third-order valence-corrected chi connectivity index (χ3v) is 4.87. The molecule has 1 fully saturated rings. The average Bonchev–Trinajstić information content (AvgIpc) is 3.05. The number of carbonyl (C=O) groups is 2. The van der Waals surface area contributed by atoms with Crippen molar-refractivity contribution in [3.63, 3.8) is 0 Å². The summed E-state index contributed by atoms with van der Waals surface area (Å²) >= 11 is 0. The minimum absolute atomic E-state index is 0.0211. The van der Waals surface area contributed by atoms with Gasteiger partial charge in [0.15, 0.2) is 5.82 Å². The van der Waals surface area contributed by atoms with Crippen molar-refractivity contribution in [3.05, 3.63) is 53.8 Å². The molecule has 0 radical (unpaired) electrons. The van der Waals surface area contributed by atoms with Gasteiger partial charge in [-0.1, -0.05) is 36.4 Å². The maximum absolute atomic E-state index is 15.1. The second-order valence-electron chi connectivity index (χ2n) is 8.45. The summed E-state index contributed by atoms with van der Waals surface area (Å²) in [6.07, 6.45) is -2.28. The molecular weight excluding hydrogens is 390 g/mol. The molecule has 2 aromatic carbocycles. The van der Waals surface area contributed by atoms with Crippen molar-refractivity contribution in [1.29, 1.82) is 0 Å². The largest absolute Gasteiger partial charge is 0.444 e. The number of halogens is 2. The van der Waals surface area contributed by atoms with E-state index in [0.29, 0.717) is 11.1 Å². The maximum Gasteiger partial charge on any atom is 0.411 e. The molecule has 0 spiro atoms. The lowest BCUT2D eigenvalue weighted by Crippen LogP contribution is -2.45. The molecule has 2 atom stereocenters. The number of amides is 2. The third-order valence-electron chi connectivity index (χ3n) is 4.87. The smallest absolute Gasteiger partial charge is 0.411 e. The number of likely N-dealkylation sites (tertiary alicyclic amines) is 1. The Hall–Kier alpha value is -2.96. The Morgan fingerprint density at radius 3 is 2.43 bits per heavy atom. The van der Waals surface area contributed by atoms with Gasteiger partial charge in [-0.25, -0.2) is 13.6 Å². The number of aryl methyl sites for hydroxylation is 1. The summed E-state index contributed by atoms with van der Waals surface area (Å²) in [6.45, 7) is 6.71. The Kier molecular flexibility index (Phi) is 6.10. The zero-order valence-corrected chi connectivity index (χ0v) is 17.5. The Morgan fingerprint density at radius 1 is 1.10 bits per heavy atom. The molecule has 1 saturated heterocycles. The van der Waals surface area contributed by atoms with Gasteiger partial charge in [-0.3, -0.25) is 9.69 Å². The van der Waals surface area contributed by atoms with E-state index >= 15 is 4.39 Å². The number of anilines is 1. The van der Waals surface area contributed by atoms with Crippen LogP contribution in [0.1, 0.15) is 32.8 Å². The van der Waals surface area contributed by atoms with Crippen molar-refractivity contribution in [2.75, 3.05) is 11.9 Å². The molecule has 2 aromatic rings. The van der Waals surface area contributed by atoms with Gasteiger partial charge in [-0.15, -0.1) is 0 Å². The lowest BCUT2D eigenvalue weighted by Gasteiger charge is -2.27. The van der Waals surface area contributed by atoms with Crippen molar-refractivity contribution < 1.29 is 23.1 Å². The number of rotatable bonds is 3. The van der Waals surface area contributed by atoms with Crippen molar-refractivity contribution in [1.82, 2.24) is 4.90 Å². The minimum Gasteiger partial charge on any atom is -0.444 e. The highest BCUT2D eigenvalue weighted by Crippen LogP contribution is 2.31. The standard InChI is InChI=1S/C23H26F2N2O3/c1-14-8-5-6-9-16(14)17-10-7-11-18(20(17)25)26-21(28)19-12-15(24)13-27(19)22(29)30-23(2,3)4/h5-11,15,19H,12-13H2,1-4H3,(H,26,28)/t15-,19+/m1/s1. The zero-order chi connectivity index (χ0) is 22.1. The fourth-order valence-electron chi connectivity index (χ4n) is 3.48. The Labute approximate surface area is 175 Å². The quantitative estimate of drug-likeness (QED) is 0.759. The molecule has 5 nitrogen and oxygen atoms in total. The van der Waals surface area contributed by atoms with Crippen LogP contribution in [0, 0.1) is 12.7 Å². The molecule has 0 unspecified atom stereocenters. The first-order valence-corrected chi connectivity index (χ1v) is 9.86. The molecule has 0 bridgehead atoms. The number of carbonyl (C=O) groups excluding carboxylic acids is 2. The molecule has 1 heterocycles. The van der Waals surface area contributed by atoms with E-state index in [0.717, 1.165) is 10.5 Å². The van der Waals surface area contributed by atoms with Crippen LogP contribution in [0.25, 0.3) is 11.1 Å². The first-order valence-electron chi connectivity index (χ1n) is 9.86. The molecule has 2 amide bonds. The molecule has 1 aliphatic heterocycles. The van der Waals surface area contributed by atoms with Crippen molar-refractivity contribution in [2.45, 2.75) is 51.9 Å². The summed E-state index contributed by atoms with van der Waals surface area (Å²) in [5.41, 5.74) is 1.16. The van der Waals surface area contributed by atoms with Crippen LogP contribution in [0.5, 0.6) is 0 Å². The number of ether oxygens (including phenoxy) is 1. The van der Waals surface area contributed by atoms with Crippen molar-refractivity contribution in [2.24, 2.45) is 0 Å². The molecule has 30 heavy (non-hydrogen) atoms. The Bertz CT molecular complexity index is 956. The van der Waals surface area contributed by atoms with Crippen LogP contribution in [0.15, 0.2) is 42.5 Å². The maximum atomic E-state index is 15.1. The summed E-state index contributed by atoms with van der Waals surface area (Å²) in [5, 5.41) is 2.52. The van der Waals surface area contributed by atoms with E-state index in [1.807, 2.05) is 25.1 Å². The molecule has 0 aromatic heterocycles. The number of alkyl halides is 1. The number of nitrogens with one attached hydrogen (secondary N) is 1. The Balaban J connectivity index is 1.82. The van der Waals surface area contributed by atoms with Gasteiger partial charge in [-0.2, -0.15) is 0 Å². The van der Waals surface area contributed by atoms with Gasteiger partial charge in [-0.05, 0) is 44.9 Å². The molecule has 160 valence electrons. The summed E-state index contributed by atoms with van der Waals surface area (Å²) in [7, 11) is 0. The van der Waals surface area contributed by atoms with Crippen LogP contribution < -0.4 is 5.32 Å². The first-order chi connectivity index (χ1) is 14.1. The summed E-state index contributed by atoms with van der Waals surface area (Å²) in [5.74, 6) is -1.24. The highest BCUT2D eigenvalue weighted by Gasteiger charge is 2.42. The molecule has 0 aliphatic carbocycles. The fourth-order valence-corrected chi connectivity index (χ4v) is 3.48. The van der Waals surface area contributed by atoms with E-state index in [2.05, 4.69) is 5.32 Å². The predicted octanol–water partition coefficient (Wildman–Crippen LogP) is 5.09. The van der Waals surface area contributed by atoms with E-state index in [9.17, 15) is 14.0 Å². The van der Waals surface area contributed by atoms with E-state index in [-0.39, 0.29) is 18.7 Å². The minimum atomic E-state index is -1.35. The SMILES string of the molecule is Cc1ccccc1-c1cccc(NC(=O)[C@@H]2C[C@@H](F)CN2C(=O)OC(C)(C)C)c1F. The van der Waals surface area contributed by atoms with Crippen LogP contribution in [0.4, 0.5) is 19.3 Å². The van der Waals surface area contributed by atoms with Gasteiger partial charge < -0.3 is 10.1 Å². The molecule has 1 aliphatic rings. The normalized spacial score (nSPS) is 18.9. The number of nitrogens with zero attached hydrogens (tertiary/aromatic N) is 1. The molecule has 0 saturated carbocycles. The van der Waals surface area contributed by atoms with Crippen LogP contribution in [-0.4, -0.2) is 41.3 Å².